The van der Waals surface area contributed by atoms with Crippen molar-refractivity contribution in [3.63, 3.8) is 0 Å². The summed E-state index contributed by atoms with van der Waals surface area (Å²) < 4.78 is 17.6. The van der Waals surface area contributed by atoms with Gasteiger partial charge >= 0.3 is 6.09 Å². The van der Waals surface area contributed by atoms with Crippen molar-refractivity contribution in [2.45, 2.75) is 43.2 Å². The first-order valence-corrected chi connectivity index (χ1v) is 7.73. The quantitative estimate of drug-likeness (QED) is 0.775. The average molecular weight is 297 g/mol. The second kappa shape index (κ2) is 5.87. The largest absolute Gasteiger partial charge is 0.444 e. The molecule has 1 amide bonds. The SMILES string of the molecule is CC(C)(C)OC(=O)N1CC[C@H]([S@@](=O)c2ncccn2)C1. The van der Waals surface area contributed by atoms with Crippen molar-refractivity contribution in [1.29, 1.82) is 0 Å². The van der Waals surface area contributed by atoms with Gasteiger partial charge in [0, 0.05) is 25.5 Å². The third-order valence-electron chi connectivity index (χ3n) is 2.82. The van der Waals surface area contributed by atoms with Gasteiger partial charge in [-0.25, -0.2) is 14.8 Å². The molecule has 0 radical (unpaired) electrons. The molecule has 2 atom stereocenters. The number of amides is 1. The average Bonchev–Trinajstić information content (AvgIpc) is 2.86. The highest BCUT2D eigenvalue weighted by Gasteiger charge is 2.34. The fourth-order valence-electron chi connectivity index (χ4n) is 1.93. The van der Waals surface area contributed by atoms with E-state index in [1.54, 1.807) is 23.4 Å². The van der Waals surface area contributed by atoms with Crippen LogP contribution in [0.15, 0.2) is 23.6 Å². The Labute approximate surface area is 121 Å². The molecule has 1 aliphatic heterocycles. The molecule has 7 heteroatoms. The molecule has 0 spiro atoms. The standard InChI is InChI=1S/C13H19N3O3S/c1-13(2,3)19-12(17)16-8-5-10(9-16)20(18)11-14-6-4-7-15-11/h4,6-7,10H,5,8-9H2,1-3H3/t10-,20+/m0/s1. The van der Waals surface area contributed by atoms with E-state index in [-0.39, 0.29) is 11.3 Å². The van der Waals surface area contributed by atoms with Crippen LogP contribution in [0, 0.1) is 0 Å². The number of aromatic nitrogens is 2. The van der Waals surface area contributed by atoms with Crippen LogP contribution in [-0.2, 0) is 15.5 Å². The minimum Gasteiger partial charge on any atom is -0.444 e. The summed E-state index contributed by atoms with van der Waals surface area (Å²) in [6.45, 7) is 6.45. The Balaban J connectivity index is 1.96. The topological polar surface area (TPSA) is 72.4 Å². The third-order valence-corrected chi connectivity index (χ3v) is 4.38. The molecule has 0 aromatic carbocycles. The van der Waals surface area contributed by atoms with Gasteiger partial charge in [-0.15, -0.1) is 0 Å². The summed E-state index contributed by atoms with van der Waals surface area (Å²) >= 11 is 0. The maximum atomic E-state index is 12.3. The Hall–Kier alpha value is -1.50. The van der Waals surface area contributed by atoms with Gasteiger partial charge in [-0.2, -0.15) is 0 Å². The van der Waals surface area contributed by atoms with Crippen LogP contribution in [0.1, 0.15) is 27.2 Å². The van der Waals surface area contributed by atoms with Crippen molar-refractivity contribution >= 4 is 16.9 Å². The molecule has 0 N–H and O–H groups in total. The first-order chi connectivity index (χ1) is 9.37. The van der Waals surface area contributed by atoms with E-state index in [1.807, 2.05) is 20.8 Å². The van der Waals surface area contributed by atoms with Crippen LogP contribution in [0.25, 0.3) is 0 Å². The molecule has 0 aliphatic carbocycles. The summed E-state index contributed by atoms with van der Waals surface area (Å²) in [6.07, 6.45) is 3.46. The van der Waals surface area contributed by atoms with Crippen LogP contribution >= 0.6 is 0 Å². The highest BCUT2D eigenvalue weighted by molar-refractivity contribution is 7.85. The number of carbonyl (C=O) groups excluding carboxylic acids is 1. The minimum absolute atomic E-state index is 0.134. The van der Waals surface area contributed by atoms with Gasteiger partial charge in [0.05, 0.1) is 16.0 Å². The van der Waals surface area contributed by atoms with E-state index in [1.165, 1.54) is 0 Å². The Kier molecular flexibility index (Phi) is 4.37. The number of carbonyl (C=O) groups is 1. The monoisotopic (exact) mass is 297 g/mol. The Morgan fingerprint density at radius 2 is 2.05 bits per heavy atom. The van der Waals surface area contributed by atoms with Crippen LogP contribution in [0.3, 0.4) is 0 Å². The lowest BCUT2D eigenvalue weighted by Gasteiger charge is -2.24. The lowest BCUT2D eigenvalue weighted by Crippen LogP contribution is -2.36. The van der Waals surface area contributed by atoms with Crippen molar-refractivity contribution in [2.75, 3.05) is 13.1 Å². The van der Waals surface area contributed by atoms with E-state index in [0.717, 1.165) is 0 Å². The second-order valence-corrected chi connectivity index (χ2v) is 7.29. The molecule has 2 rings (SSSR count). The first-order valence-electron chi connectivity index (χ1n) is 6.52. The molecule has 2 heterocycles. The van der Waals surface area contributed by atoms with Gasteiger partial charge in [0.15, 0.2) is 0 Å². The van der Waals surface area contributed by atoms with Crippen molar-refractivity contribution in [2.24, 2.45) is 0 Å². The maximum absolute atomic E-state index is 12.3. The molecule has 0 bridgehead atoms. The molecular weight excluding hydrogens is 278 g/mol. The molecule has 20 heavy (non-hydrogen) atoms. The maximum Gasteiger partial charge on any atom is 0.410 e. The van der Waals surface area contributed by atoms with Crippen molar-refractivity contribution < 1.29 is 13.7 Å². The van der Waals surface area contributed by atoms with Crippen molar-refractivity contribution in [3.8, 4) is 0 Å². The Morgan fingerprint density at radius 1 is 1.40 bits per heavy atom. The predicted octanol–water partition coefficient (Wildman–Crippen LogP) is 1.59. The Morgan fingerprint density at radius 3 is 2.65 bits per heavy atom. The van der Waals surface area contributed by atoms with Gasteiger partial charge in [0.1, 0.15) is 5.60 Å². The number of hydrogen-bond acceptors (Lipinski definition) is 5. The lowest BCUT2D eigenvalue weighted by molar-refractivity contribution is 0.0295. The van der Waals surface area contributed by atoms with Gasteiger partial charge in [-0.05, 0) is 33.3 Å². The van der Waals surface area contributed by atoms with E-state index in [4.69, 9.17) is 4.74 Å². The zero-order valence-corrected chi connectivity index (χ0v) is 12.7. The summed E-state index contributed by atoms with van der Waals surface area (Å²) in [5, 5.41) is 0.188. The number of rotatable bonds is 2. The molecule has 0 unspecified atom stereocenters. The summed E-state index contributed by atoms with van der Waals surface area (Å²) in [6, 6.07) is 1.68. The van der Waals surface area contributed by atoms with Crippen LogP contribution in [-0.4, -0.2) is 49.1 Å². The van der Waals surface area contributed by atoms with Crippen molar-refractivity contribution in [3.05, 3.63) is 18.5 Å². The van der Waals surface area contributed by atoms with Gasteiger partial charge in [-0.1, -0.05) is 0 Å². The van der Waals surface area contributed by atoms with Crippen LogP contribution in [0.4, 0.5) is 4.79 Å². The molecule has 1 saturated heterocycles. The number of nitrogens with zero attached hydrogens (tertiary/aromatic N) is 3. The van der Waals surface area contributed by atoms with Gasteiger partial charge in [0.25, 0.3) is 0 Å². The fraction of sp³-hybridized carbons (Fsp3) is 0.615. The zero-order valence-electron chi connectivity index (χ0n) is 11.9. The summed E-state index contributed by atoms with van der Waals surface area (Å²) in [7, 11) is -1.29. The lowest BCUT2D eigenvalue weighted by atomic mass is 10.2. The number of hydrogen-bond donors (Lipinski definition) is 0. The normalized spacial score (nSPS) is 20.8. The van der Waals surface area contributed by atoms with Gasteiger partial charge < -0.3 is 9.64 Å². The van der Waals surface area contributed by atoms with E-state index < -0.39 is 16.4 Å². The van der Waals surface area contributed by atoms with Gasteiger partial charge in [-0.3, -0.25) is 4.21 Å². The summed E-state index contributed by atoms with van der Waals surface area (Å²) in [4.78, 5) is 21.5. The zero-order chi connectivity index (χ0) is 14.8. The van der Waals surface area contributed by atoms with E-state index in [2.05, 4.69) is 9.97 Å². The Bertz CT molecular complexity index is 501. The summed E-state index contributed by atoms with van der Waals surface area (Å²) in [5.74, 6) is 0. The highest BCUT2D eigenvalue weighted by Crippen LogP contribution is 2.20. The molecule has 110 valence electrons. The smallest absolute Gasteiger partial charge is 0.410 e. The van der Waals surface area contributed by atoms with Crippen LogP contribution in [0.5, 0.6) is 0 Å². The predicted molar refractivity (Wildman–Crippen MR) is 74.7 cm³/mol. The third kappa shape index (κ3) is 3.75. The molecule has 1 aromatic rings. The van der Waals surface area contributed by atoms with E-state index in [9.17, 15) is 9.00 Å². The fourth-order valence-corrected chi connectivity index (χ4v) is 3.20. The summed E-state index contributed by atoms with van der Waals surface area (Å²) in [5.41, 5.74) is -0.517. The minimum atomic E-state index is -1.29. The highest BCUT2D eigenvalue weighted by atomic mass is 32.2. The second-order valence-electron chi connectivity index (χ2n) is 5.67. The molecular formula is C13H19N3O3S. The molecule has 1 fully saturated rings. The van der Waals surface area contributed by atoms with Gasteiger partial charge in [0.2, 0.25) is 5.16 Å². The molecule has 1 aromatic heterocycles. The first kappa shape index (κ1) is 14.9. The molecule has 0 saturated carbocycles. The van der Waals surface area contributed by atoms with E-state index >= 15 is 0 Å². The van der Waals surface area contributed by atoms with Crippen molar-refractivity contribution in [1.82, 2.24) is 14.9 Å². The number of likely N-dealkylation sites (tertiary alicyclic amines) is 1. The number of ether oxygens (including phenoxy) is 1. The van der Waals surface area contributed by atoms with E-state index in [0.29, 0.717) is 24.7 Å². The molecule has 6 nitrogen and oxygen atoms in total. The van der Waals surface area contributed by atoms with Crippen LogP contribution < -0.4 is 0 Å². The van der Waals surface area contributed by atoms with Crippen LogP contribution in [0.2, 0.25) is 0 Å². The molecule has 1 aliphatic rings.